The number of benzene rings is 1. The number of nitrogens with one attached hydrogen (secondary N) is 1. The first kappa shape index (κ1) is 18.4. The van der Waals surface area contributed by atoms with Crippen molar-refractivity contribution in [3.05, 3.63) is 24.3 Å². The molecule has 0 spiro atoms. The highest BCUT2D eigenvalue weighted by Gasteiger charge is 2.16. The van der Waals surface area contributed by atoms with E-state index in [-0.39, 0.29) is 28.5 Å². The SMILES string of the molecule is CS(=O)(=O)CCCNS(=O)(=O)c1ccc(S(=O)(=O)Cl)cc1. The summed E-state index contributed by atoms with van der Waals surface area (Å²) in [5.41, 5.74) is 0. The van der Waals surface area contributed by atoms with Crippen LogP contribution in [0, 0.1) is 0 Å². The van der Waals surface area contributed by atoms with E-state index in [4.69, 9.17) is 10.7 Å². The van der Waals surface area contributed by atoms with Crippen LogP contribution in [0.4, 0.5) is 0 Å². The maximum Gasteiger partial charge on any atom is 0.261 e. The molecule has 0 fully saturated rings. The van der Waals surface area contributed by atoms with E-state index in [0.717, 1.165) is 30.5 Å². The molecule has 1 rings (SSSR count). The van der Waals surface area contributed by atoms with Crippen LogP contribution in [-0.2, 0) is 28.9 Å². The molecule has 11 heteroatoms. The van der Waals surface area contributed by atoms with Gasteiger partial charge in [-0.2, -0.15) is 0 Å². The second-order valence-electron chi connectivity index (χ2n) is 4.29. The zero-order chi connectivity index (χ0) is 16.3. The van der Waals surface area contributed by atoms with E-state index in [0.29, 0.717) is 0 Å². The molecule has 0 bridgehead atoms. The molecule has 0 atom stereocenters. The number of sulfone groups is 1. The van der Waals surface area contributed by atoms with Crippen molar-refractivity contribution in [2.75, 3.05) is 18.6 Å². The van der Waals surface area contributed by atoms with E-state index in [1.54, 1.807) is 0 Å². The Morgan fingerprint density at radius 3 is 1.86 bits per heavy atom. The number of hydrogen-bond acceptors (Lipinski definition) is 6. The Balaban J connectivity index is 2.75. The summed E-state index contributed by atoms with van der Waals surface area (Å²) < 4.78 is 69.9. The van der Waals surface area contributed by atoms with Gasteiger partial charge in [0.1, 0.15) is 9.84 Å². The molecule has 7 nitrogen and oxygen atoms in total. The van der Waals surface area contributed by atoms with Crippen molar-refractivity contribution in [2.45, 2.75) is 16.2 Å². The van der Waals surface area contributed by atoms with Gasteiger partial charge in [-0.3, -0.25) is 0 Å². The Hall–Kier alpha value is -0.680. The first-order valence-corrected chi connectivity index (χ1v) is 11.5. The lowest BCUT2D eigenvalue weighted by molar-refractivity contribution is 0.577. The van der Waals surface area contributed by atoms with Crippen LogP contribution < -0.4 is 4.72 Å². The fourth-order valence-corrected chi connectivity index (χ4v) is 3.92. The van der Waals surface area contributed by atoms with Gasteiger partial charge in [-0.15, -0.1) is 0 Å². The largest absolute Gasteiger partial charge is 0.261 e. The van der Waals surface area contributed by atoms with Gasteiger partial charge in [0.2, 0.25) is 10.0 Å². The first-order valence-electron chi connectivity index (χ1n) is 5.64. The highest BCUT2D eigenvalue weighted by atomic mass is 35.7. The van der Waals surface area contributed by atoms with Crippen molar-refractivity contribution in [2.24, 2.45) is 0 Å². The van der Waals surface area contributed by atoms with Gasteiger partial charge in [-0.25, -0.2) is 30.0 Å². The van der Waals surface area contributed by atoms with Crippen molar-refractivity contribution in [1.29, 1.82) is 0 Å². The summed E-state index contributed by atoms with van der Waals surface area (Å²) in [6, 6.07) is 4.36. The second kappa shape index (κ2) is 6.61. The van der Waals surface area contributed by atoms with Gasteiger partial charge in [-0.05, 0) is 30.7 Å². The minimum Gasteiger partial charge on any atom is -0.229 e. The van der Waals surface area contributed by atoms with E-state index in [1.165, 1.54) is 0 Å². The molecule has 0 aliphatic rings. The number of rotatable bonds is 7. The Morgan fingerprint density at radius 1 is 0.952 bits per heavy atom. The average Bonchev–Trinajstić information content (AvgIpc) is 2.33. The van der Waals surface area contributed by atoms with E-state index >= 15 is 0 Å². The molecular formula is C10H14ClNO6S3. The highest BCUT2D eigenvalue weighted by molar-refractivity contribution is 8.13. The molecule has 1 N–H and O–H groups in total. The first-order chi connectivity index (χ1) is 9.42. The summed E-state index contributed by atoms with van der Waals surface area (Å²) in [7, 11) is -5.76. The molecule has 0 saturated heterocycles. The van der Waals surface area contributed by atoms with E-state index in [2.05, 4.69) is 4.72 Å². The maximum atomic E-state index is 11.9. The summed E-state index contributed by atoms with van der Waals surface area (Å²) in [5, 5.41) is 0. The predicted molar refractivity (Wildman–Crippen MR) is 79.0 cm³/mol. The van der Waals surface area contributed by atoms with Crippen LogP contribution in [0.3, 0.4) is 0 Å². The van der Waals surface area contributed by atoms with Gasteiger partial charge in [0, 0.05) is 23.5 Å². The Labute approximate surface area is 128 Å². The molecule has 0 saturated carbocycles. The van der Waals surface area contributed by atoms with Crippen LogP contribution in [0.1, 0.15) is 6.42 Å². The van der Waals surface area contributed by atoms with Gasteiger partial charge in [0.25, 0.3) is 9.05 Å². The number of halogens is 1. The van der Waals surface area contributed by atoms with Crippen LogP contribution >= 0.6 is 10.7 Å². The van der Waals surface area contributed by atoms with Gasteiger partial charge in [0.15, 0.2) is 0 Å². The third-order valence-corrected chi connectivity index (χ3v) is 6.28. The third kappa shape index (κ3) is 6.30. The predicted octanol–water partition coefficient (Wildman–Crippen LogP) is 0.327. The van der Waals surface area contributed by atoms with E-state index < -0.39 is 28.9 Å². The smallest absolute Gasteiger partial charge is 0.229 e. The summed E-state index contributed by atoms with van der Waals surface area (Å²) in [6.07, 6.45) is 1.21. The molecule has 0 aliphatic heterocycles. The highest BCUT2D eigenvalue weighted by Crippen LogP contribution is 2.17. The van der Waals surface area contributed by atoms with Crippen LogP contribution in [0.2, 0.25) is 0 Å². The Kier molecular flexibility index (Phi) is 5.78. The lowest BCUT2D eigenvalue weighted by atomic mass is 10.4. The molecule has 0 heterocycles. The Bertz CT molecular complexity index is 797. The summed E-state index contributed by atoms with van der Waals surface area (Å²) >= 11 is 0. The van der Waals surface area contributed by atoms with Crippen molar-refractivity contribution >= 4 is 39.6 Å². The lowest BCUT2D eigenvalue weighted by Gasteiger charge is -2.06. The van der Waals surface area contributed by atoms with Gasteiger partial charge >= 0.3 is 0 Å². The average molecular weight is 376 g/mol. The summed E-state index contributed by atoms with van der Waals surface area (Å²) in [5.74, 6) is -0.126. The molecule has 0 aliphatic carbocycles. The quantitative estimate of drug-likeness (QED) is 0.542. The maximum absolute atomic E-state index is 11.9. The number of hydrogen-bond donors (Lipinski definition) is 1. The molecule has 0 unspecified atom stereocenters. The molecule has 0 aromatic heterocycles. The molecule has 120 valence electrons. The number of sulfonamides is 1. The van der Waals surface area contributed by atoms with Gasteiger partial charge in [-0.1, -0.05) is 0 Å². The normalized spacial score (nSPS) is 13.2. The fraction of sp³-hybridized carbons (Fsp3) is 0.400. The topological polar surface area (TPSA) is 114 Å². The summed E-state index contributed by atoms with van der Waals surface area (Å²) in [6.45, 7) is -0.0367. The van der Waals surface area contributed by atoms with E-state index in [1.807, 2.05) is 0 Å². The standard InChI is InChI=1S/C10H14ClNO6S3/c1-19(13,14)8-2-7-12-21(17,18)10-5-3-9(4-6-10)20(11,15)16/h3-6,12H,2,7-8H2,1H3. The van der Waals surface area contributed by atoms with Crippen LogP contribution in [0.25, 0.3) is 0 Å². The van der Waals surface area contributed by atoms with Crippen LogP contribution in [0.5, 0.6) is 0 Å². The van der Waals surface area contributed by atoms with Crippen LogP contribution in [0.15, 0.2) is 34.1 Å². The minimum atomic E-state index is -3.91. The zero-order valence-corrected chi connectivity index (χ0v) is 14.2. The van der Waals surface area contributed by atoms with Crippen LogP contribution in [-0.4, -0.2) is 43.8 Å². The van der Waals surface area contributed by atoms with E-state index in [9.17, 15) is 25.3 Å². The minimum absolute atomic E-state index is 0.0367. The molecular weight excluding hydrogens is 362 g/mol. The zero-order valence-electron chi connectivity index (χ0n) is 11.0. The molecule has 21 heavy (non-hydrogen) atoms. The monoisotopic (exact) mass is 375 g/mol. The van der Waals surface area contributed by atoms with Gasteiger partial charge < -0.3 is 0 Å². The third-order valence-electron chi connectivity index (χ3n) is 2.40. The molecule has 0 amide bonds. The molecule has 1 aromatic rings. The summed E-state index contributed by atoms with van der Waals surface area (Å²) in [4.78, 5) is -0.342. The van der Waals surface area contributed by atoms with Crippen molar-refractivity contribution < 1.29 is 25.3 Å². The van der Waals surface area contributed by atoms with Crippen molar-refractivity contribution in [1.82, 2.24) is 4.72 Å². The van der Waals surface area contributed by atoms with Crippen molar-refractivity contribution in [3.63, 3.8) is 0 Å². The fourth-order valence-electron chi connectivity index (χ4n) is 1.41. The molecule has 0 radical (unpaired) electrons. The van der Waals surface area contributed by atoms with Gasteiger partial charge in [0.05, 0.1) is 15.5 Å². The molecule has 1 aromatic carbocycles. The lowest BCUT2D eigenvalue weighted by Crippen LogP contribution is -2.26. The van der Waals surface area contributed by atoms with Crippen molar-refractivity contribution in [3.8, 4) is 0 Å². The second-order valence-corrected chi connectivity index (χ2v) is 10.9. The Morgan fingerprint density at radius 2 is 1.43 bits per heavy atom.